The third-order valence-electron chi connectivity index (χ3n) is 3.73. The number of piperazine rings is 1. The molecule has 0 N–H and O–H groups in total. The second-order valence-corrected chi connectivity index (χ2v) is 7.52. The summed E-state index contributed by atoms with van der Waals surface area (Å²) in [4.78, 5) is 2.47. The Labute approximate surface area is 131 Å². The van der Waals surface area contributed by atoms with Gasteiger partial charge in [0.25, 0.3) is 0 Å². The van der Waals surface area contributed by atoms with Gasteiger partial charge in [0, 0.05) is 25.7 Å². The van der Waals surface area contributed by atoms with Crippen LogP contribution in [0, 0.1) is 0 Å². The second kappa shape index (κ2) is 6.96. The van der Waals surface area contributed by atoms with E-state index in [2.05, 4.69) is 4.90 Å². The fourth-order valence-electron chi connectivity index (χ4n) is 2.25. The lowest BCUT2D eigenvalue weighted by molar-refractivity contribution is 0.159. The molecule has 1 aliphatic rings. The van der Waals surface area contributed by atoms with Crippen molar-refractivity contribution in [3.05, 3.63) is 24.3 Å². The van der Waals surface area contributed by atoms with Gasteiger partial charge in [-0.05, 0) is 38.2 Å². The standard InChI is InChI=1S/C14H21ClN2O3S/c1-12-11-17(9-8-16(12)2)21(18,19)14-5-3-13(4-6-14)20-10-7-15/h3-6,12H,7-11H2,1-2H3. The Morgan fingerprint density at radius 3 is 2.52 bits per heavy atom. The Hall–Kier alpha value is -0.820. The Morgan fingerprint density at radius 1 is 1.29 bits per heavy atom. The maximum absolute atomic E-state index is 12.6. The first-order valence-corrected chi connectivity index (χ1v) is 8.92. The van der Waals surface area contributed by atoms with Crippen molar-refractivity contribution in [3.63, 3.8) is 0 Å². The van der Waals surface area contributed by atoms with Crippen molar-refractivity contribution in [2.45, 2.75) is 17.9 Å². The number of ether oxygens (including phenoxy) is 1. The van der Waals surface area contributed by atoms with Crippen LogP contribution in [0.2, 0.25) is 0 Å². The smallest absolute Gasteiger partial charge is 0.243 e. The molecule has 0 aliphatic carbocycles. The van der Waals surface area contributed by atoms with Crippen LogP contribution >= 0.6 is 11.6 Å². The van der Waals surface area contributed by atoms with Gasteiger partial charge in [-0.2, -0.15) is 4.31 Å². The molecule has 21 heavy (non-hydrogen) atoms. The molecule has 5 nitrogen and oxygen atoms in total. The molecule has 1 heterocycles. The van der Waals surface area contributed by atoms with Crippen molar-refractivity contribution >= 4 is 21.6 Å². The zero-order valence-electron chi connectivity index (χ0n) is 12.3. The Morgan fingerprint density at radius 2 is 1.95 bits per heavy atom. The minimum absolute atomic E-state index is 0.222. The van der Waals surface area contributed by atoms with Gasteiger partial charge in [-0.15, -0.1) is 11.6 Å². The quantitative estimate of drug-likeness (QED) is 0.769. The maximum Gasteiger partial charge on any atom is 0.243 e. The van der Waals surface area contributed by atoms with Gasteiger partial charge in [0.1, 0.15) is 12.4 Å². The SMILES string of the molecule is CC1CN(S(=O)(=O)c2ccc(OCCCl)cc2)CCN1C. The van der Waals surface area contributed by atoms with E-state index in [-0.39, 0.29) is 6.04 Å². The number of sulfonamides is 1. The predicted molar refractivity (Wildman–Crippen MR) is 83.5 cm³/mol. The Bertz CT molecular complexity index is 562. The zero-order chi connectivity index (χ0) is 15.5. The molecule has 1 saturated heterocycles. The van der Waals surface area contributed by atoms with Gasteiger partial charge < -0.3 is 9.64 Å². The summed E-state index contributed by atoms with van der Waals surface area (Å²) in [5.41, 5.74) is 0. The highest BCUT2D eigenvalue weighted by Crippen LogP contribution is 2.22. The molecule has 1 aromatic carbocycles. The maximum atomic E-state index is 12.6. The van der Waals surface area contributed by atoms with Crippen molar-refractivity contribution in [2.75, 3.05) is 39.2 Å². The van der Waals surface area contributed by atoms with E-state index in [1.54, 1.807) is 28.6 Å². The fourth-order valence-corrected chi connectivity index (χ4v) is 3.84. The summed E-state index contributed by atoms with van der Waals surface area (Å²) >= 11 is 5.55. The molecule has 1 unspecified atom stereocenters. The predicted octanol–water partition coefficient (Wildman–Crippen LogP) is 1.63. The molecular weight excluding hydrogens is 312 g/mol. The normalized spacial score (nSPS) is 21.4. The summed E-state index contributed by atoms with van der Waals surface area (Å²) < 4.78 is 32.1. The first-order valence-electron chi connectivity index (χ1n) is 6.94. The van der Waals surface area contributed by atoms with E-state index < -0.39 is 10.0 Å². The van der Waals surface area contributed by atoms with Crippen LogP contribution < -0.4 is 4.74 Å². The number of hydrogen-bond donors (Lipinski definition) is 0. The van der Waals surface area contributed by atoms with Gasteiger partial charge in [-0.3, -0.25) is 0 Å². The highest BCUT2D eigenvalue weighted by Gasteiger charge is 2.30. The highest BCUT2D eigenvalue weighted by atomic mass is 35.5. The molecule has 0 saturated carbocycles. The molecule has 118 valence electrons. The second-order valence-electron chi connectivity index (χ2n) is 5.20. The molecule has 1 aromatic rings. The third kappa shape index (κ3) is 3.88. The van der Waals surface area contributed by atoms with E-state index in [9.17, 15) is 8.42 Å². The number of rotatable bonds is 5. The molecule has 7 heteroatoms. The lowest BCUT2D eigenvalue weighted by atomic mass is 10.2. The summed E-state index contributed by atoms with van der Waals surface area (Å²) in [6.45, 7) is 4.22. The van der Waals surface area contributed by atoms with E-state index in [0.717, 1.165) is 6.54 Å². The lowest BCUT2D eigenvalue weighted by Gasteiger charge is -2.36. The molecule has 0 radical (unpaired) electrons. The average molecular weight is 333 g/mol. The topological polar surface area (TPSA) is 49.9 Å². The molecule has 0 aromatic heterocycles. The first-order chi connectivity index (χ1) is 9.95. The van der Waals surface area contributed by atoms with Crippen molar-refractivity contribution < 1.29 is 13.2 Å². The number of likely N-dealkylation sites (N-methyl/N-ethyl adjacent to an activating group) is 1. The Kier molecular flexibility index (Phi) is 5.48. The van der Waals surface area contributed by atoms with Crippen LogP contribution in [-0.2, 0) is 10.0 Å². The number of hydrogen-bond acceptors (Lipinski definition) is 4. The molecule has 2 rings (SSSR count). The van der Waals surface area contributed by atoms with Crippen LogP contribution in [0.1, 0.15) is 6.92 Å². The molecule has 1 fully saturated rings. The summed E-state index contributed by atoms with van der Waals surface area (Å²) in [5, 5.41) is 0. The molecular formula is C14H21ClN2O3S. The molecule has 0 amide bonds. The third-order valence-corrected chi connectivity index (χ3v) is 5.76. The van der Waals surface area contributed by atoms with Crippen molar-refractivity contribution in [1.29, 1.82) is 0 Å². The number of nitrogens with zero attached hydrogens (tertiary/aromatic N) is 2. The zero-order valence-corrected chi connectivity index (χ0v) is 13.9. The fraction of sp³-hybridized carbons (Fsp3) is 0.571. The van der Waals surface area contributed by atoms with E-state index in [1.807, 2.05) is 14.0 Å². The highest BCUT2D eigenvalue weighted by molar-refractivity contribution is 7.89. The van der Waals surface area contributed by atoms with Crippen LogP contribution in [0.3, 0.4) is 0 Å². The summed E-state index contributed by atoms with van der Waals surface area (Å²) in [5.74, 6) is 1.03. The summed E-state index contributed by atoms with van der Waals surface area (Å²) in [7, 11) is -1.42. The van der Waals surface area contributed by atoms with E-state index in [4.69, 9.17) is 16.3 Å². The number of halogens is 1. The lowest BCUT2D eigenvalue weighted by Crippen LogP contribution is -2.51. The van der Waals surface area contributed by atoms with Gasteiger partial charge in [-0.25, -0.2) is 8.42 Å². The van der Waals surface area contributed by atoms with Crippen LogP contribution in [0.25, 0.3) is 0 Å². The largest absolute Gasteiger partial charge is 0.492 e. The van der Waals surface area contributed by atoms with Crippen LogP contribution in [-0.4, -0.2) is 62.8 Å². The van der Waals surface area contributed by atoms with Crippen LogP contribution in [0.5, 0.6) is 5.75 Å². The number of benzene rings is 1. The molecule has 1 aliphatic heterocycles. The van der Waals surface area contributed by atoms with Crippen LogP contribution in [0.4, 0.5) is 0 Å². The van der Waals surface area contributed by atoms with Crippen molar-refractivity contribution in [1.82, 2.24) is 9.21 Å². The monoisotopic (exact) mass is 332 g/mol. The summed E-state index contributed by atoms with van der Waals surface area (Å²) in [6.07, 6.45) is 0. The Balaban J connectivity index is 2.12. The van der Waals surface area contributed by atoms with Gasteiger partial charge >= 0.3 is 0 Å². The van der Waals surface area contributed by atoms with Gasteiger partial charge in [0.05, 0.1) is 10.8 Å². The minimum atomic E-state index is -3.43. The van der Waals surface area contributed by atoms with Gasteiger partial charge in [0.15, 0.2) is 0 Å². The molecule has 0 spiro atoms. The minimum Gasteiger partial charge on any atom is -0.492 e. The molecule has 1 atom stereocenters. The van der Waals surface area contributed by atoms with E-state index >= 15 is 0 Å². The van der Waals surface area contributed by atoms with E-state index in [0.29, 0.717) is 36.2 Å². The summed E-state index contributed by atoms with van der Waals surface area (Å²) in [6, 6.07) is 6.72. The van der Waals surface area contributed by atoms with E-state index in [1.165, 1.54) is 0 Å². The van der Waals surface area contributed by atoms with Crippen molar-refractivity contribution in [3.8, 4) is 5.75 Å². The van der Waals surface area contributed by atoms with Gasteiger partial charge in [0.2, 0.25) is 10.0 Å². The number of alkyl halides is 1. The van der Waals surface area contributed by atoms with Gasteiger partial charge in [-0.1, -0.05) is 0 Å². The first kappa shape index (κ1) is 16.5. The average Bonchev–Trinajstić information content (AvgIpc) is 2.48. The van der Waals surface area contributed by atoms with Crippen LogP contribution in [0.15, 0.2) is 29.2 Å². The van der Waals surface area contributed by atoms with Crippen molar-refractivity contribution in [2.24, 2.45) is 0 Å². The molecule has 0 bridgehead atoms.